The van der Waals surface area contributed by atoms with E-state index in [1.54, 1.807) is 7.05 Å². The molecule has 2 rings (SSSR count). The number of rotatable bonds is 4. The first kappa shape index (κ1) is 14.5. The lowest BCUT2D eigenvalue weighted by molar-refractivity contribution is -0.141. The molecule has 1 aromatic carbocycles. The summed E-state index contributed by atoms with van der Waals surface area (Å²) >= 11 is 0. The molecule has 2 amide bonds. The molecule has 0 saturated carbocycles. The van der Waals surface area contributed by atoms with Crippen molar-refractivity contribution in [3.8, 4) is 0 Å². The first-order chi connectivity index (χ1) is 9.56. The molecule has 0 radical (unpaired) electrons. The average molecular weight is 280 g/mol. The van der Waals surface area contributed by atoms with Crippen LogP contribution in [0.1, 0.15) is 12.8 Å². The first-order valence-corrected chi connectivity index (χ1v) is 6.48. The van der Waals surface area contributed by atoms with Crippen LogP contribution in [0.25, 0.3) is 0 Å². The standard InChI is InChI=1S/C14H17FN2O3/c1-17(14(19)12-3-2-8-20-12)9-13(18)16-11-6-4-10(15)5-7-11/h4-7,12H,2-3,8-9H2,1H3,(H,16,18)/t12-/m0/s1. The number of ether oxygens (including phenoxy) is 1. The molecule has 0 spiro atoms. The van der Waals surface area contributed by atoms with Crippen LogP contribution >= 0.6 is 0 Å². The van der Waals surface area contributed by atoms with Crippen LogP contribution in [-0.2, 0) is 14.3 Å². The molecule has 1 aliphatic heterocycles. The number of benzene rings is 1. The molecular formula is C14H17FN2O3. The van der Waals surface area contributed by atoms with Crippen molar-refractivity contribution in [1.82, 2.24) is 4.90 Å². The maximum Gasteiger partial charge on any atom is 0.251 e. The quantitative estimate of drug-likeness (QED) is 0.907. The molecule has 108 valence electrons. The van der Waals surface area contributed by atoms with E-state index < -0.39 is 6.10 Å². The maximum atomic E-state index is 12.7. The van der Waals surface area contributed by atoms with E-state index in [-0.39, 0.29) is 24.2 Å². The van der Waals surface area contributed by atoms with Crippen LogP contribution in [0.4, 0.5) is 10.1 Å². The molecule has 1 fully saturated rings. The maximum absolute atomic E-state index is 12.7. The van der Waals surface area contributed by atoms with Crippen molar-refractivity contribution in [3.63, 3.8) is 0 Å². The summed E-state index contributed by atoms with van der Waals surface area (Å²) in [6.07, 6.45) is 1.13. The minimum Gasteiger partial charge on any atom is -0.368 e. The van der Waals surface area contributed by atoms with Crippen LogP contribution in [0, 0.1) is 5.82 Å². The minimum atomic E-state index is -0.432. The number of nitrogens with one attached hydrogen (secondary N) is 1. The number of hydrogen-bond acceptors (Lipinski definition) is 3. The Hall–Kier alpha value is -1.95. The fourth-order valence-electron chi connectivity index (χ4n) is 2.05. The van der Waals surface area contributed by atoms with E-state index in [2.05, 4.69) is 5.32 Å². The highest BCUT2D eigenvalue weighted by Crippen LogP contribution is 2.14. The van der Waals surface area contributed by atoms with Crippen LogP contribution in [-0.4, -0.2) is 43.0 Å². The number of carbonyl (C=O) groups is 2. The average Bonchev–Trinajstić information content (AvgIpc) is 2.94. The van der Waals surface area contributed by atoms with Crippen molar-refractivity contribution in [1.29, 1.82) is 0 Å². The smallest absolute Gasteiger partial charge is 0.251 e. The van der Waals surface area contributed by atoms with Gasteiger partial charge in [-0.3, -0.25) is 9.59 Å². The molecule has 1 heterocycles. The monoisotopic (exact) mass is 280 g/mol. The summed E-state index contributed by atoms with van der Waals surface area (Å²) in [7, 11) is 1.56. The molecule has 0 aliphatic carbocycles. The van der Waals surface area contributed by atoms with Gasteiger partial charge >= 0.3 is 0 Å². The summed E-state index contributed by atoms with van der Waals surface area (Å²) in [4.78, 5) is 25.1. The van der Waals surface area contributed by atoms with Crippen LogP contribution < -0.4 is 5.32 Å². The number of anilines is 1. The van der Waals surface area contributed by atoms with E-state index in [9.17, 15) is 14.0 Å². The van der Waals surface area contributed by atoms with E-state index >= 15 is 0 Å². The summed E-state index contributed by atoms with van der Waals surface area (Å²) < 4.78 is 18.0. The molecule has 1 aliphatic rings. The first-order valence-electron chi connectivity index (χ1n) is 6.48. The third kappa shape index (κ3) is 3.77. The lowest BCUT2D eigenvalue weighted by atomic mass is 10.2. The van der Waals surface area contributed by atoms with Crippen LogP contribution in [0.5, 0.6) is 0 Å². The molecule has 0 aromatic heterocycles. The molecule has 0 bridgehead atoms. The number of nitrogens with zero attached hydrogens (tertiary/aromatic N) is 1. The van der Waals surface area contributed by atoms with Crippen molar-refractivity contribution >= 4 is 17.5 Å². The van der Waals surface area contributed by atoms with Gasteiger partial charge in [-0.2, -0.15) is 0 Å². The summed E-state index contributed by atoms with van der Waals surface area (Å²) in [5, 5.41) is 2.61. The van der Waals surface area contributed by atoms with Crippen molar-refractivity contribution in [2.45, 2.75) is 18.9 Å². The van der Waals surface area contributed by atoms with Crippen molar-refractivity contribution < 1.29 is 18.7 Å². The fraction of sp³-hybridized carbons (Fsp3) is 0.429. The van der Waals surface area contributed by atoms with E-state index in [1.807, 2.05) is 0 Å². The van der Waals surface area contributed by atoms with E-state index in [4.69, 9.17) is 4.74 Å². The molecule has 0 unspecified atom stereocenters. The normalized spacial score (nSPS) is 17.8. The second-order valence-corrected chi connectivity index (χ2v) is 4.75. The fourth-order valence-corrected chi connectivity index (χ4v) is 2.05. The van der Waals surface area contributed by atoms with Gasteiger partial charge in [0.05, 0.1) is 6.54 Å². The largest absolute Gasteiger partial charge is 0.368 e. The van der Waals surface area contributed by atoms with Crippen molar-refractivity contribution in [2.24, 2.45) is 0 Å². The van der Waals surface area contributed by atoms with Gasteiger partial charge in [0.25, 0.3) is 5.91 Å². The summed E-state index contributed by atoms with van der Waals surface area (Å²) in [6, 6.07) is 5.46. The number of likely N-dealkylation sites (N-methyl/N-ethyl adjacent to an activating group) is 1. The molecule has 5 nitrogen and oxygen atoms in total. The zero-order valence-electron chi connectivity index (χ0n) is 11.3. The van der Waals surface area contributed by atoms with Gasteiger partial charge in [0.15, 0.2) is 0 Å². The Kier molecular flexibility index (Phi) is 4.68. The SMILES string of the molecule is CN(CC(=O)Nc1ccc(F)cc1)C(=O)[C@@H]1CCCO1. The Balaban J connectivity index is 1.84. The lowest BCUT2D eigenvalue weighted by Gasteiger charge is -2.20. The molecule has 20 heavy (non-hydrogen) atoms. The van der Waals surface area contributed by atoms with E-state index in [0.29, 0.717) is 18.7 Å². The van der Waals surface area contributed by atoms with Gasteiger partial charge in [-0.25, -0.2) is 4.39 Å². The molecule has 1 N–H and O–H groups in total. The number of amides is 2. The number of carbonyl (C=O) groups excluding carboxylic acids is 2. The predicted octanol–water partition coefficient (Wildman–Crippen LogP) is 1.40. The van der Waals surface area contributed by atoms with Crippen LogP contribution in [0.3, 0.4) is 0 Å². The highest BCUT2D eigenvalue weighted by molar-refractivity contribution is 5.95. The summed E-state index contributed by atoms with van der Waals surface area (Å²) in [6.45, 7) is 0.530. The molecular weight excluding hydrogens is 263 g/mol. The highest BCUT2D eigenvalue weighted by atomic mass is 19.1. The number of halogens is 1. The molecule has 6 heteroatoms. The Morgan fingerprint density at radius 3 is 2.70 bits per heavy atom. The van der Waals surface area contributed by atoms with Crippen molar-refractivity contribution in [2.75, 3.05) is 25.5 Å². The Bertz CT molecular complexity index is 484. The topological polar surface area (TPSA) is 58.6 Å². The summed E-state index contributed by atoms with van der Waals surface area (Å²) in [5.41, 5.74) is 0.495. The van der Waals surface area contributed by atoms with Gasteiger partial charge in [-0.15, -0.1) is 0 Å². The third-order valence-corrected chi connectivity index (χ3v) is 3.09. The molecule has 1 atom stereocenters. The third-order valence-electron chi connectivity index (χ3n) is 3.09. The predicted molar refractivity (Wildman–Crippen MR) is 71.6 cm³/mol. The Morgan fingerprint density at radius 2 is 2.10 bits per heavy atom. The second kappa shape index (κ2) is 6.47. The van der Waals surface area contributed by atoms with E-state index in [0.717, 1.165) is 6.42 Å². The zero-order chi connectivity index (χ0) is 14.5. The van der Waals surface area contributed by atoms with Crippen LogP contribution in [0.15, 0.2) is 24.3 Å². The van der Waals surface area contributed by atoms with Gasteiger partial charge in [0.2, 0.25) is 5.91 Å². The molecule has 1 saturated heterocycles. The van der Waals surface area contributed by atoms with Gasteiger partial charge in [-0.05, 0) is 37.1 Å². The van der Waals surface area contributed by atoms with Gasteiger partial charge in [-0.1, -0.05) is 0 Å². The summed E-state index contributed by atoms with van der Waals surface area (Å²) in [5.74, 6) is -0.879. The number of hydrogen-bond donors (Lipinski definition) is 1. The van der Waals surface area contributed by atoms with Gasteiger partial charge < -0.3 is 15.0 Å². The second-order valence-electron chi connectivity index (χ2n) is 4.75. The highest BCUT2D eigenvalue weighted by Gasteiger charge is 2.27. The Labute approximate surface area is 116 Å². The minimum absolute atomic E-state index is 0.0595. The lowest BCUT2D eigenvalue weighted by Crippen LogP contribution is -2.40. The van der Waals surface area contributed by atoms with Crippen LogP contribution in [0.2, 0.25) is 0 Å². The van der Waals surface area contributed by atoms with Crippen molar-refractivity contribution in [3.05, 3.63) is 30.1 Å². The van der Waals surface area contributed by atoms with E-state index in [1.165, 1.54) is 29.2 Å². The van der Waals surface area contributed by atoms with Gasteiger partial charge in [0.1, 0.15) is 11.9 Å². The zero-order valence-corrected chi connectivity index (χ0v) is 11.3. The Morgan fingerprint density at radius 1 is 1.40 bits per heavy atom. The molecule has 1 aromatic rings. The van der Waals surface area contributed by atoms with Gasteiger partial charge in [0, 0.05) is 19.3 Å².